The van der Waals surface area contributed by atoms with Crippen LogP contribution >= 0.6 is 0 Å². The second-order valence-electron chi connectivity index (χ2n) is 3.09. The molecule has 0 amide bonds. The minimum Gasteiger partial charge on any atom is -0.478 e. The zero-order valence-electron chi connectivity index (χ0n) is 8.31. The fourth-order valence-electron chi connectivity index (χ4n) is 1.25. The molecule has 0 heterocycles. The van der Waals surface area contributed by atoms with Crippen molar-refractivity contribution in [1.82, 2.24) is 0 Å². The van der Waals surface area contributed by atoms with Gasteiger partial charge in [-0.2, -0.15) is 0 Å². The van der Waals surface area contributed by atoms with Crippen LogP contribution in [0.3, 0.4) is 0 Å². The molecule has 4 nitrogen and oxygen atoms in total. The summed E-state index contributed by atoms with van der Waals surface area (Å²) in [5, 5.41) is 8.93. The summed E-state index contributed by atoms with van der Waals surface area (Å²) >= 11 is 0. The molecule has 0 atom stereocenters. The van der Waals surface area contributed by atoms with E-state index in [1.165, 1.54) is 6.07 Å². The Morgan fingerprint density at radius 1 is 1.47 bits per heavy atom. The standard InChI is InChI=1S/C11H14N2O2/c12-7-2-1-4-8-9(11(14)15)5-3-6-10(8)13/h1,3-6H,2,7,12-13H2,(H,14,15). The second-order valence-corrected chi connectivity index (χ2v) is 3.09. The highest BCUT2D eigenvalue weighted by molar-refractivity contribution is 5.94. The van der Waals surface area contributed by atoms with Crippen molar-refractivity contribution < 1.29 is 9.90 Å². The molecule has 1 aromatic carbocycles. The van der Waals surface area contributed by atoms with Crippen LogP contribution < -0.4 is 11.5 Å². The number of aromatic carboxylic acids is 1. The van der Waals surface area contributed by atoms with Crippen LogP contribution in [0, 0.1) is 0 Å². The van der Waals surface area contributed by atoms with Crippen LogP contribution in [-0.2, 0) is 0 Å². The number of benzene rings is 1. The van der Waals surface area contributed by atoms with Crippen LogP contribution in [0.15, 0.2) is 24.3 Å². The highest BCUT2D eigenvalue weighted by atomic mass is 16.4. The predicted octanol–water partition coefficient (Wildman–Crippen LogP) is 1.33. The molecule has 1 rings (SSSR count). The molecule has 4 heteroatoms. The lowest BCUT2D eigenvalue weighted by molar-refractivity contribution is 0.0696. The molecule has 0 bridgehead atoms. The average Bonchev–Trinajstić information content (AvgIpc) is 2.20. The molecule has 0 spiro atoms. The summed E-state index contributed by atoms with van der Waals surface area (Å²) in [4.78, 5) is 10.9. The molecule has 0 aliphatic rings. The average molecular weight is 206 g/mol. The maximum Gasteiger partial charge on any atom is 0.336 e. The first kappa shape index (κ1) is 11.3. The Morgan fingerprint density at radius 3 is 2.80 bits per heavy atom. The van der Waals surface area contributed by atoms with E-state index >= 15 is 0 Å². The third-order valence-electron chi connectivity index (χ3n) is 1.99. The van der Waals surface area contributed by atoms with Crippen LogP contribution in [0.25, 0.3) is 6.08 Å². The number of anilines is 1. The summed E-state index contributed by atoms with van der Waals surface area (Å²) in [6.07, 6.45) is 4.22. The van der Waals surface area contributed by atoms with E-state index in [4.69, 9.17) is 16.6 Å². The number of carboxylic acids is 1. The fourth-order valence-corrected chi connectivity index (χ4v) is 1.25. The largest absolute Gasteiger partial charge is 0.478 e. The van der Waals surface area contributed by atoms with E-state index in [9.17, 15) is 4.79 Å². The molecule has 0 fully saturated rings. The smallest absolute Gasteiger partial charge is 0.336 e. The van der Waals surface area contributed by atoms with Crippen LogP contribution in [0.5, 0.6) is 0 Å². The first-order valence-corrected chi connectivity index (χ1v) is 4.65. The van der Waals surface area contributed by atoms with Gasteiger partial charge >= 0.3 is 5.97 Å². The van der Waals surface area contributed by atoms with Crippen LogP contribution in [0.4, 0.5) is 5.69 Å². The number of carbonyl (C=O) groups is 1. The number of rotatable bonds is 4. The Kier molecular flexibility index (Phi) is 3.88. The van der Waals surface area contributed by atoms with Gasteiger partial charge in [0.2, 0.25) is 0 Å². The zero-order chi connectivity index (χ0) is 11.3. The molecular formula is C11H14N2O2. The van der Waals surface area contributed by atoms with Crippen LogP contribution in [-0.4, -0.2) is 17.6 Å². The lowest BCUT2D eigenvalue weighted by Gasteiger charge is -2.04. The first-order valence-electron chi connectivity index (χ1n) is 4.65. The molecule has 0 saturated carbocycles. The Bertz CT molecular complexity index is 386. The van der Waals surface area contributed by atoms with Gasteiger partial charge < -0.3 is 16.6 Å². The van der Waals surface area contributed by atoms with Crippen molar-refractivity contribution in [1.29, 1.82) is 0 Å². The highest BCUT2D eigenvalue weighted by Gasteiger charge is 2.09. The molecule has 0 unspecified atom stereocenters. The Labute approximate surface area is 88.2 Å². The summed E-state index contributed by atoms with van der Waals surface area (Å²) in [5.74, 6) is -0.977. The van der Waals surface area contributed by atoms with Gasteiger partial charge in [0.25, 0.3) is 0 Å². The molecule has 0 aromatic heterocycles. The van der Waals surface area contributed by atoms with Crippen molar-refractivity contribution in [2.75, 3.05) is 12.3 Å². The third kappa shape index (κ3) is 2.82. The van der Waals surface area contributed by atoms with Crippen LogP contribution in [0.1, 0.15) is 22.3 Å². The normalized spacial score (nSPS) is 10.7. The minimum absolute atomic E-state index is 0.211. The molecule has 0 aliphatic heterocycles. The van der Waals surface area contributed by atoms with Crippen molar-refractivity contribution in [2.45, 2.75) is 6.42 Å². The molecule has 0 aliphatic carbocycles. The van der Waals surface area contributed by atoms with Gasteiger partial charge in [-0.3, -0.25) is 0 Å². The number of hydrogen-bond donors (Lipinski definition) is 3. The van der Waals surface area contributed by atoms with E-state index in [1.54, 1.807) is 18.2 Å². The molecule has 1 aromatic rings. The Hall–Kier alpha value is -1.81. The van der Waals surface area contributed by atoms with Gasteiger partial charge in [0.1, 0.15) is 0 Å². The molecular weight excluding hydrogens is 192 g/mol. The van der Waals surface area contributed by atoms with Gasteiger partial charge in [0.15, 0.2) is 0 Å². The number of carboxylic acid groups (broad SMARTS) is 1. The van der Waals surface area contributed by atoms with Gasteiger partial charge in [-0.1, -0.05) is 18.2 Å². The molecule has 0 saturated heterocycles. The topological polar surface area (TPSA) is 89.3 Å². The zero-order valence-corrected chi connectivity index (χ0v) is 8.31. The van der Waals surface area contributed by atoms with E-state index in [2.05, 4.69) is 0 Å². The van der Waals surface area contributed by atoms with Gasteiger partial charge in [-0.25, -0.2) is 4.79 Å². The predicted molar refractivity (Wildman–Crippen MR) is 60.5 cm³/mol. The van der Waals surface area contributed by atoms with Crippen molar-refractivity contribution in [3.63, 3.8) is 0 Å². The SMILES string of the molecule is NCCC=Cc1c(N)cccc1C(=O)O. The molecule has 5 N–H and O–H groups in total. The quantitative estimate of drug-likeness (QED) is 0.648. The molecule has 80 valence electrons. The van der Waals surface area contributed by atoms with E-state index in [0.29, 0.717) is 24.2 Å². The summed E-state index contributed by atoms with van der Waals surface area (Å²) in [6.45, 7) is 0.533. The van der Waals surface area contributed by atoms with Crippen LogP contribution in [0.2, 0.25) is 0 Å². The number of nitrogens with two attached hydrogens (primary N) is 2. The minimum atomic E-state index is -0.977. The fraction of sp³-hybridized carbons (Fsp3) is 0.182. The van der Waals surface area contributed by atoms with E-state index < -0.39 is 5.97 Å². The van der Waals surface area contributed by atoms with Gasteiger partial charge in [0.05, 0.1) is 5.56 Å². The second kappa shape index (κ2) is 5.17. The molecule has 0 radical (unpaired) electrons. The van der Waals surface area contributed by atoms with Crippen molar-refractivity contribution in [2.24, 2.45) is 5.73 Å². The lowest BCUT2D eigenvalue weighted by Crippen LogP contribution is -2.02. The van der Waals surface area contributed by atoms with Crippen molar-refractivity contribution in [3.8, 4) is 0 Å². The first-order chi connectivity index (χ1) is 7.16. The highest BCUT2D eigenvalue weighted by Crippen LogP contribution is 2.19. The van der Waals surface area contributed by atoms with E-state index in [1.807, 2.05) is 6.08 Å². The van der Waals surface area contributed by atoms with E-state index in [-0.39, 0.29) is 5.56 Å². The summed E-state index contributed by atoms with van der Waals surface area (Å²) < 4.78 is 0. The maximum absolute atomic E-state index is 10.9. The molecule has 15 heavy (non-hydrogen) atoms. The van der Waals surface area contributed by atoms with Gasteiger partial charge in [0, 0.05) is 11.3 Å². The summed E-state index contributed by atoms with van der Waals surface area (Å²) in [7, 11) is 0. The van der Waals surface area contributed by atoms with Gasteiger partial charge in [-0.15, -0.1) is 0 Å². The van der Waals surface area contributed by atoms with E-state index in [0.717, 1.165) is 0 Å². The number of hydrogen-bond acceptors (Lipinski definition) is 3. The van der Waals surface area contributed by atoms with Crippen molar-refractivity contribution in [3.05, 3.63) is 35.4 Å². The maximum atomic E-state index is 10.9. The monoisotopic (exact) mass is 206 g/mol. The Balaban J connectivity index is 3.07. The lowest BCUT2D eigenvalue weighted by atomic mass is 10.0. The third-order valence-corrected chi connectivity index (χ3v) is 1.99. The number of nitrogen functional groups attached to an aromatic ring is 1. The van der Waals surface area contributed by atoms with Crippen molar-refractivity contribution >= 4 is 17.7 Å². The summed E-state index contributed by atoms with van der Waals surface area (Å²) in [6, 6.07) is 4.83. The van der Waals surface area contributed by atoms with Gasteiger partial charge in [-0.05, 0) is 25.1 Å². The Morgan fingerprint density at radius 2 is 2.20 bits per heavy atom. The summed E-state index contributed by atoms with van der Waals surface area (Å²) in [5.41, 5.74) is 12.2.